The van der Waals surface area contributed by atoms with Crippen LogP contribution in [0.1, 0.15) is 29.6 Å². The summed E-state index contributed by atoms with van der Waals surface area (Å²) >= 11 is 0. The number of rotatable bonds is 2. The second-order valence-electron chi connectivity index (χ2n) is 7.13. The Morgan fingerprint density at radius 2 is 1.96 bits per heavy atom. The summed E-state index contributed by atoms with van der Waals surface area (Å²) in [5.74, 6) is 1.07. The standard InChI is InChI=1S/C19H20N6O/c26-18(14-2-7-20-8-3-14)25-11-1-10-24(12-19(25)5-6-19)17-15-4-9-21-16(15)22-13-23-17/h2-4,7-9,13H,1,5-6,10-12H2,(H,21,22,23). The van der Waals surface area contributed by atoms with E-state index in [1.807, 2.05) is 12.3 Å². The average Bonchev–Trinajstić information content (AvgIpc) is 3.34. The molecule has 1 aliphatic heterocycles. The smallest absolute Gasteiger partial charge is 0.254 e. The summed E-state index contributed by atoms with van der Waals surface area (Å²) in [5, 5.41) is 1.04. The maximum absolute atomic E-state index is 13.1. The third-order valence-corrected chi connectivity index (χ3v) is 5.50. The lowest BCUT2D eigenvalue weighted by molar-refractivity contribution is 0.0669. The number of nitrogens with one attached hydrogen (secondary N) is 1. The van der Waals surface area contributed by atoms with Crippen LogP contribution < -0.4 is 4.90 Å². The number of anilines is 1. The van der Waals surface area contributed by atoms with Gasteiger partial charge in [0.2, 0.25) is 0 Å². The Hall–Kier alpha value is -2.96. The molecule has 2 fully saturated rings. The van der Waals surface area contributed by atoms with Crippen LogP contribution in [-0.2, 0) is 0 Å². The molecule has 1 spiro atoms. The van der Waals surface area contributed by atoms with Crippen LogP contribution in [0.15, 0.2) is 43.1 Å². The van der Waals surface area contributed by atoms with E-state index in [9.17, 15) is 4.79 Å². The summed E-state index contributed by atoms with van der Waals surface area (Å²) < 4.78 is 0. The largest absolute Gasteiger partial charge is 0.354 e. The van der Waals surface area contributed by atoms with Crippen molar-refractivity contribution < 1.29 is 4.79 Å². The van der Waals surface area contributed by atoms with Crippen molar-refractivity contribution in [3.8, 4) is 0 Å². The topological polar surface area (TPSA) is 78.0 Å². The maximum Gasteiger partial charge on any atom is 0.254 e. The molecule has 7 heteroatoms. The van der Waals surface area contributed by atoms with Crippen LogP contribution in [0, 0.1) is 0 Å². The predicted molar refractivity (Wildman–Crippen MR) is 98.0 cm³/mol. The van der Waals surface area contributed by atoms with Gasteiger partial charge >= 0.3 is 0 Å². The number of nitrogens with zero attached hydrogens (tertiary/aromatic N) is 5. The number of aromatic amines is 1. The zero-order valence-electron chi connectivity index (χ0n) is 14.4. The fourth-order valence-corrected chi connectivity index (χ4v) is 4.01. The first-order chi connectivity index (χ1) is 12.8. The van der Waals surface area contributed by atoms with E-state index in [-0.39, 0.29) is 11.4 Å². The lowest BCUT2D eigenvalue weighted by Gasteiger charge is -2.32. The molecular formula is C19H20N6O. The van der Waals surface area contributed by atoms with Gasteiger partial charge in [0, 0.05) is 43.8 Å². The Labute approximate surface area is 151 Å². The van der Waals surface area contributed by atoms with E-state index >= 15 is 0 Å². The molecule has 0 unspecified atom stereocenters. The third-order valence-electron chi connectivity index (χ3n) is 5.50. The maximum atomic E-state index is 13.1. The molecule has 3 aromatic rings. The molecular weight excluding hydrogens is 328 g/mol. The minimum absolute atomic E-state index is 0.0789. The molecule has 1 N–H and O–H groups in total. The van der Waals surface area contributed by atoms with E-state index in [0.29, 0.717) is 0 Å². The van der Waals surface area contributed by atoms with E-state index in [1.165, 1.54) is 0 Å². The summed E-state index contributed by atoms with van der Waals surface area (Å²) in [6.45, 7) is 2.49. The van der Waals surface area contributed by atoms with Crippen LogP contribution in [0.3, 0.4) is 0 Å². The van der Waals surface area contributed by atoms with E-state index in [2.05, 4.69) is 29.7 Å². The molecule has 1 amide bonds. The van der Waals surface area contributed by atoms with E-state index < -0.39 is 0 Å². The Bertz CT molecular complexity index is 949. The highest BCUT2D eigenvalue weighted by Crippen LogP contribution is 2.45. The molecule has 4 heterocycles. The van der Waals surface area contributed by atoms with Crippen molar-refractivity contribution in [2.75, 3.05) is 24.5 Å². The summed E-state index contributed by atoms with van der Waals surface area (Å²) in [4.78, 5) is 33.5. The molecule has 1 aliphatic carbocycles. The van der Waals surface area contributed by atoms with Gasteiger partial charge in [0.15, 0.2) is 0 Å². The number of carbonyl (C=O) groups is 1. The number of aromatic nitrogens is 4. The first-order valence-corrected chi connectivity index (χ1v) is 9.02. The minimum Gasteiger partial charge on any atom is -0.354 e. The molecule has 7 nitrogen and oxygen atoms in total. The molecule has 1 saturated heterocycles. The number of fused-ring (bicyclic) bond motifs is 1. The second-order valence-corrected chi connectivity index (χ2v) is 7.13. The molecule has 0 radical (unpaired) electrons. The SMILES string of the molecule is O=C(c1ccncc1)N1CCCN(c2ncnc3[nH]ccc23)CC12CC2. The van der Waals surface area contributed by atoms with Crippen LogP contribution in [-0.4, -0.2) is 55.9 Å². The molecule has 5 rings (SSSR count). The van der Waals surface area contributed by atoms with Gasteiger partial charge in [-0.3, -0.25) is 9.78 Å². The summed E-state index contributed by atoms with van der Waals surface area (Å²) in [6.07, 6.45) is 9.88. The highest BCUT2D eigenvalue weighted by atomic mass is 16.2. The van der Waals surface area contributed by atoms with Crippen molar-refractivity contribution >= 4 is 22.8 Å². The van der Waals surface area contributed by atoms with Crippen LogP contribution in [0.2, 0.25) is 0 Å². The molecule has 0 atom stereocenters. The van der Waals surface area contributed by atoms with Gasteiger partial charge in [0.05, 0.1) is 10.9 Å². The van der Waals surface area contributed by atoms with Gasteiger partial charge in [-0.05, 0) is 37.5 Å². The Morgan fingerprint density at radius 3 is 2.77 bits per heavy atom. The minimum atomic E-state index is -0.0789. The first kappa shape index (κ1) is 15.3. The molecule has 26 heavy (non-hydrogen) atoms. The summed E-state index contributed by atoms with van der Waals surface area (Å²) in [6, 6.07) is 5.62. The number of pyridine rings is 1. The van der Waals surface area contributed by atoms with Crippen molar-refractivity contribution in [3.05, 3.63) is 48.7 Å². The Morgan fingerprint density at radius 1 is 1.12 bits per heavy atom. The quantitative estimate of drug-likeness (QED) is 0.768. The predicted octanol–water partition coefficient (Wildman–Crippen LogP) is 2.24. The number of amides is 1. The summed E-state index contributed by atoms with van der Waals surface area (Å²) in [7, 11) is 0. The van der Waals surface area contributed by atoms with E-state index in [4.69, 9.17) is 0 Å². The van der Waals surface area contributed by atoms with Crippen molar-refractivity contribution in [3.63, 3.8) is 0 Å². The molecule has 0 bridgehead atoms. The van der Waals surface area contributed by atoms with Crippen LogP contribution in [0.25, 0.3) is 11.0 Å². The molecule has 3 aromatic heterocycles. The normalized spacial score (nSPS) is 18.9. The highest BCUT2D eigenvalue weighted by molar-refractivity contribution is 5.95. The van der Waals surface area contributed by atoms with Crippen molar-refractivity contribution in [2.24, 2.45) is 0 Å². The lowest BCUT2D eigenvalue weighted by atomic mass is 10.1. The zero-order chi connectivity index (χ0) is 17.6. The first-order valence-electron chi connectivity index (χ1n) is 9.02. The Kier molecular flexibility index (Phi) is 3.41. The fraction of sp³-hybridized carbons (Fsp3) is 0.368. The molecule has 1 saturated carbocycles. The molecule has 0 aromatic carbocycles. The van der Waals surface area contributed by atoms with E-state index in [1.54, 1.807) is 30.9 Å². The van der Waals surface area contributed by atoms with Gasteiger partial charge in [0.1, 0.15) is 17.8 Å². The van der Waals surface area contributed by atoms with Gasteiger partial charge < -0.3 is 14.8 Å². The fourth-order valence-electron chi connectivity index (χ4n) is 4.01. The molecule has 132 valence electrons. The Balaban J connectivity index is 1.46. The number of H-pyrrole nitrogens is 1. The zero-order valence-corrected chi connectivity index (χ0v) is 14.4. The van der Waals surface area contributed by atoms with Gasteiger partial charge in [-0.2, -0.15) is 0 Å². The summed E-state index contributed by atoms with van der Waals surface area (Å²) in [5.41, 5.74) is 1.49. The van der Waals surface area contributed by atoms with Gasteiger partial charge in [-0.1, -0.05) is 0 Å². The van der Waals surface area contributed by atoms with Gasteiger partial charge in [-0.15, -0.1) is 0 Å². The van der Waals surface area contributed by atoms with Crippen LogP contribution in [0.4, 0.5) is 5.82 Å². The lowest BCUT2D eigenvalue weighted by Crippen LogP contribution is -2.46. The van der Waals surface area contributed by atoms with Crippen LogP contribution >= 0.6 is 0 Å². The van der Waals surface area contributed by atoms with Gasteiger partial charge in [-0.25, -0.2) is 9.97 Å². The average molecular weight is 348 g/mol. The van der Waals surface area contributed by atoms with E-state index in [0.717, 1.165) is 61.3 Å². The number of hydrogen-bond acceptors (Lipinski definition) is 5. The highest BCUT2D eigenvalue weighted by Gasteiger charge is 2.52. The van der Waals surface area contributed by atoms with Crippen LogP contribution in [0.5, 0.6) is 0 Å². The number of hydrogen-bond donors (Lipinski definition) is 1. The monoisotopic (exact) mass is 348 g/mol. The second kappa shape index (κ2) is 5.79. The number of carbonyl (C=O) groups excluding carboxylic acids is 1. The van der Waals surface area contributed by atoms with Crippen molar-refractivity contribution in [1.82, 2.24) is 24.8 Å². The molecule has 2 aliphatic rings. The van der Waals surface area contributed by atoms with Crippen molar-refractivity contribution in [1.29, 1.82) is 0 Å². The third kappa shape index (κ3) is 2.42. The van der Waals surface area contributed by atoms with Gasteiger partial charge in [0.25, 0.3) is 5.91 Å². The van der Waals surface area contributed by atoms with Crippen molar-refractivity contribution in [2.45, 2.75) is 24.8 Å².